The fraction of sp³-hybridized carbons (Fsp3) is 0.500. The molecule has 1 aliphatic rings. The first-order chi connectivity index (χ1) is 7.20. The van der Waals surface area contributed by atoms with E-state index < -0.39 is 0 Å². The van der Waals surface area contributed by atoms with E-state index in [1.54, 1.807) is 11.1 Å². The van der Waals surface area contributed by atoms with Gasteiger partial charge in [-0.05, 0) is 6.07 Å². The average molecular weight is 206 g/mol. The Balaban J connectivity index is 2.09. The van der Waals surface area contributed by atoms with E-state index in [4.69, 9.17) is 0 Å². The molecular formula is C10H14N4O. The number of nitrogens with zero attached hydrogens (tertiary/aromatic N) is 4. The molecule has 1 aliphatic heterocycles. The van der Waals surface area contributed by atoms with Crippen molar-refractivity contribution < 1.29 is 4.79 Å². The largest absolute Gasteiger partial charge is 0.347 e. The highest BCUT2D eigenvalue weighted by atomic mass is 16.1. The van der Waals surface area contributed by atoms with Crippen molar-refractivity contribution in [2.24, 2.45) is 0 Å². The van der Waals surface area contributed by atoms with Crippen LogP contribution in [0.3, 0.4) is 0 Å². The summed E-state index contributed by atoms with van der Waals surface area (Å²) in [6.45, 7) is 1.54. The van der Waals surface area contributed by atoms with Gasteiger partial charge in [0.25, 0.3) is 0 Å². The lowest BCUT2D eigenvalue weighted by atomic mass is 9.97. The second-order valence-corrected chi connectivity index (χ2v) is 3.93. The molecule has 80 valence electrons. The van der Waals surface area contributed by atoms with Crippen LogP contribution in [0.2, 0.25) is 0 Å². The van der Waals surface area contributed by atoms with Crippen LogP contribution in [0.4, 0.5) is 5.95 Å². The van der Waals surface area contributed by atoms with Gasteiger partial charge >= 0.3 is 0 Å². The molecule has 0 unspecified atom stereocenters. The maximum atomic E-state index is 10.4. The number of amides is 1. The maximum absolute atomic E-state index is 10.4. The number of hydrogen-bond acceptors (Lipinski definition) is 4. The van der Waals surface area contributed by atoms with Crippen LogP contribution in [0.1, 0.15) is 11.6 Å². The molecule has 1 aromatic heterocycles. The van der Waals surface area contributed by atoms with Gasteiger partial charge in [-0.2, -0.15) is 0 Å². The van der Waals surface area contributed by atoms with Crippen molar-refractivity contribution in [2.75, 3.05) is 32.1 Å². The Bertz CT molecular complexity index is 360. The summed E-state index contributed by atoms with van der Waals surface area (Å²) in [5.74, 6) is 1.09. The molecule has 0 N–H and O–H groups in total. The van der Waals surface area contributed by atoms with E-state index in [-0.39, 0.29) is 0 Å². The summed E-state index contributed by atoms with van der Waals surface area (Å²) in [4.78, 5) is 22.6. The van der Waals surface area contributed by atoms with Crippen LogP contribution in [0.15, 0.2) is 12.3 Å². The molecule has 1 amide bonds. The lowest BCUT2D eigenvalue weighted by molar-refractivity contribution is -0.122. The molecule has 1 fully saturated rings. The Labute approximate surface area is 88.7 Å². The van der Waals surface area contributed by atoms with Crippen molar-refractivity contribution in [3.05, 3.63) is 18.0 Å². The fourth-order valence-electron chi connectivity index (χ4n) is 1.59. The Morgan fingerprint density at radius 3 is 2.87 bits per heavy atom. The first-order valence-corrected chi connectivity index (χ1v) is 4.90. The van der Waals surface area contributed by atoms with Gasteiger partial charge in [-0.25, -0.2) is 9.97 Å². The third kappa shape index (κ3) is 1.91. The molecule has 0 bridgehead atoms. The van der Waals surface area contributed by atoms with E-state index >= 15 is 0 Å². The SMILES string of the molecule is CN(C)c1nccc(C2CN(C=O)C2)n1. The van der Waals surface area contributed by atoms with E-state index in [0.717, 1.165) is 31.1 Å². The molecule has 0 aliphatic carbocycles. The summed E-state index contributed by atoms with van der Waals surface area (Å²) >= 11 is 0. The first-order valence-electron chi connectivity index (χ1n) is 4.90. The molecule has 5 nitrogen and oxygen atoms in total. The van der Waals surface area contributed by atoms with Gasteiger partial charge in [-0.15, -0.1) is 0 Å². The van der Waals surface area contributed by atoms with Crippen molar-refractivity contribution in [1.29, 1.82) is 0 Å². The van der Waals surface area contributed by atoms with Crippen molar-refractivity contribution >= 4 is 12.4 Å². The summed E-state index contributed by atoms with van der Waals surface area (Å²) in [5.41, 5.74) is 1.02. The van der Waals surface area contributed by atoms with Gasteiger partial charge < -0.3 is 9.80 Å². The van der Waals surface area contributed by atoms with Crippen molar-refractivity contribution in [2.45, 2.75) is 5.92 Å². The molecule has 1 saturated heterocycles. The second kappa shape index (κ2) is 3.84. The first kappa shape index (κ1) is 9.89. The minimum Gasteiger partial charge on any atom is -0.347 e. The summed E-state index contributed by atoms with van der Waals surface area (Å²) in [7, 11) is 3.83. The summed E-state index contributed by atoms with van der Waals surface area (Å²) in [6, 6.07) is 1.92. The molecule has 5 heteroatoms. The van der Waals surface area contributed by atoms with Gasteiger partial charge in [-0.1, -0.05) is 0 Å². The van der Waals surface area contributed by atoms with Crippen molar-refractivity contribution in [3.8, 4) is 0 Å². The lowest BCUT2D eigenvalue weighted by Gasteiger charge is -2.35. The highest BCUT2D eigenvalue weighted by Gasteiger charge is 2.28. The van der Waals surface area contributed by atoms with Crippen LogP contribution < -0.4 is 4.90 Å². The number of rotatable bonds is 3. The Morgan fingerprint density at radius 1 is 1.53 bits per heavy atom. The number of hydrogen-bond donors (Lipinski definition) is 0. The molecule has 0 radical (unpaired) electrons. The molecule has 15 heavy (non-hydrogen) atoms. The van der Waals surface area contributed by atoms with Gasteiger partial charge in [0.15, 0.2) is 0 Å². The Kier molecular flexibility index (Phi) is 2.53. The van der Waals surface area contributed by atoms with Crippen LogP contribution in [0.25, 0.3) is 0 Å². The van der Waals surface area contributed by atoms with E-state index in [1.165, 1.54) is 0 Å². The predicted octanol–water partition coefficient (Wildman–Crippen LogP) is 0.0982. The second-order valence-electron chi connectivity index (χ2n) is 3.93. The summed E-state index contributed by atoms with van der Waals surface area (Å²) < 4.78 is 0. The van der Waals surface area contributed by atoms with E-state index in [9.17, 15) is 4.79 Å². The quantitative estimate of drug-likeness (QED) is 0.658. The van der Waals surface area contributed by atoms with Gasteiger partial charge in [0, 0.05) is 39.3 Å². The maximum Gasteiger partial charge on any atom is 0.224 e. The topological polar surface area (TPSA) is 49.3 Å². The van der Waals surface area contributed by atoms with Crippen molar-refractivity contribution in [3.63, 3.8) is 0 Å². The average Bonchev–Trinajstić information content (AvgIpc) is 2.16. The highest BCUT2D eigenvalue weighted by Crippen LogP contribution is 2.24. The number of carbonyl (C=O) groups excluding carboxylic acids is 1. The smallest absolute Gasteiger partial charge is 0.224 e. The van der Waals surface area contributed by atoms with Crippen LogP contribution in [-0.2, 0) is 4.79 Å². The molecule has 0 atom stereocenters. The van der Waals surface area contributed by atoms with Crippen LogP contribution in [0, 0.1) is 0 Å². The standard InChI is InChI=1S/C10H14N4O/c1-13(2)10-11-4-3-9(12-10)8-5-14(6-8)7-15/h3-4,7-8H,5-6H2,1-2H3. The fourth-order valence-corrected chi connectivity index (χ4v) is 1.59. The van der Waals surface area contributed by atoms with E-state index in [2.05, 4.69) is 9.97 Å². The zero-order valence-corrected chi connectivity index (χ0v) is 8.92. The van der Waals surface area contributed by atoms with Crippen LogP contribution >= 0.6 is 0 Å². The molecule has 0 spiro atoms. The number of anilines is 1. The van der Waals surface area contributed by atoms with Crippen LogP contribution in [-0.4, -0.2) is 48.5 Å². The minimum atomic E-state index is 0.372. The molecule has 0 aromatic carbocycles. The summed E-state index contributed by atoms with van der Waals surface area (Å²) in [5, 5.41) is 0. The number of likely N-dealkylation sites (tertiary alicyclic amines) is 1. The van der Waals surface area contributed by atoms with Crippen molar-refractivity contribution in [1.82, 2.24) is 14.9 Å². The Hall–Kier alpha value is -1.65. The molecule has 0 saturated carbocycles. The third-order valence-corrected chi connectivity index (χ3v) is 2.54. The molecule has 1 aromatic rings. The molecular weight excluding hydrogens is 192 g/mol. The third-order valence-electron chi connectivity index (χ3n) is 2.54. The molecule has 2 rings (SSSR count). The number of aromatic nitrogens is 2. The number of carbonyl (C=O) groups is 1. The van der Waals surface area contributed by atoms with Gasteiger partial charge in [0.1, 0.15) is 0 Å². The Morgan fingerprint density at radius 2 is 2.27 bits per heavy atom. The van der Waals surface area contributed by atoms with Gasteiger partial charge in [0.2, 0.25) is 12.4 Å². The van der Waals surface area contributed by atoms with E-state index in [0.29, 0.717) is 5.92 Å². The van der Waals surface area contributed by atoms with Crippen LogP contribution in [0.5, 0.6) is 0 Å². The monoisotopic (exact) mass is 206 g/mol. The zero-order valence-electron chi connectivity index (χ0n) is 8.92. The predicted molar refractivity (Wildman–Crippen MR) is 56.7 cm³/mol. The zero-order chi connectivity index (χ0) is 10.8. The van der Waals surface area contributed by atoms with Gasteiger partial charge in [-0.3, -0.25) is 4.79 Å². The van der Waals surface area contributed by atoms with Gasteiger partial charge in [0.05, 0.1) is 5.69 Å². The minimum absolute atomic E-state index is 0.372. The highest BCUT2D eigenvalue weighted by molar-refractivity contribution is 5.49. The molecule has 2 heterocycles. The van der Waals surface area contributed by atoms with E-state index in [1.807, 2.05) is 25.1 Å². The lowest BCUT2D eigenvalue weighted by Crippen LogP contribution is -2.44. The normalized spacial score (nSPS) is 16.0. The summed E-state index contributed by atoms with van der Waals surface area (Å²) in [6.07, 6.45) is 2.64.